The number of thioether (sulfide) groups is 1. The largest absolute Gasteiger partial charge is 0.514 e. The zero-order chi connectivity index (χ0) is 56.6. The zero-order valence-electron chi connectivity index (χ0n) is 42.9. The van der Waals surface area contributed by atoms with Gasteiger partial charge in [-0.3, -0.25) is 24.2 Å². The highest BCUT2D eigenvalue weighted by molar-refractivity contribution is 8.00. The van der Waals surface area contributed by atoms with Crippen molar-refractivity contribution in [2.75, 3.05) is 30.4 Å². The molecule has 0 radical (unpaired) electrons. The number of rotatable bonds is 16. The molecule has 5 atom stereocenters. The van der Waals surface area contributed by atoms with E-state index in [1.165, 1.54) is 28.3 Å². The normalized spacial score (nSPS) is 22.1. The molecule has 5 aromatic rings. The first-order valence-electron chi connectivity index (χ1n) is 26.1. The summed E-state index contributed by atoms with van der Waals surface area (Å²) in [5.74, 6) is -2.45. The highest BCUT2D eigenvalue weighted by atomic mass is 35.5. The predicted molar refractivity (Wildman–Crippen MR) is 297 cm³/mol. The highest BCUT2D eigenvalue weighted by Crippen LogP contribution is 2.62. The lowest BCUT2D eigenvalue weighted by Gasteiger charge is -2.49. The van der Waals surface area contributed by atoms with E-state index in [0.717, 1.165) is 48.4 Å². The minimum absolute atomic E-state index is 0.0267. The molecule has 3 fully saturated rings. The van der Waals surface area contributed by atoms with Crippen molar-refractivity contribution < 1.29 is 67.4 Å². The van der Waals surface area contributed by atoms with Gasteiger partial charge in [0, 0.05) is 58.1 Å². The van der Waals surface area contributed by atoms with Crippen molar-refractivity contribution in [3.8, 4) is 23.0 Å². The van der Waals surface area contributed by atoms with E-state index in [1.807, 2.05) is 30.3 Å². The molecule has 2 unspecified atom stereocenters. The number of anilines is 2. The van der Waals surface area contributed by atoms with Gasteiger partial charge in [-0.05, 0) is 78.4 Å². The van der Waals surface area contributed by atoms with E-state index in [-0.39, 0.29) is 85.5 Å². The van der Waals surface area contributed by atoms with Crippen LogP contribution in [0.3, 0.4) is 0 Å². The quantitative estimate of drug-likeness (QED) is 0.0209. The number of hydrogen-bond acceptors (Lipinski definition) is 15. The molecule has 3 saturated heterocycles. The number of aliphatic hydroxyl groups is 1. The van der Waals surface area contributed by atoms with Crippen LogP contribution in [0.1, 0.15) is 82.8 Å². The average Bonchev–Trinajstić information content (AvgIpc) is 2.82. The van der Waals surface area contributed by atoms with Gasteiger partial charge < -0.3 is 48.9 Å². The Balaban J connectivity index is 0.757. The van der Waals surface area contributed by atoms with Gasteiger partial charge >= 0.3 is 18.1 Å². The van der Waals surface area contributed by atoms with Gasteiger partial charge in [0.15, 0.2) is 17.9 Å². The summed E-state index contributed by atoms with van der Waals surface area (Å²) in [6, 6.07) is 21.5. The van der Waals surface area contributed by atoms with Crippen LogP contribution in [0.25, 0.3) is 0 Å². The number of esters is 1. The molecule has 418 valence electrons. The predicted octanol–water partition coefficient (Wildman–Crippen LogP) is 10.4. The fourth-order valence-electron chi connectivity index (χ4n) is 11.5. The van der Waals surface area contributed by atoms with E-state index in [2.05, 4.69) is 29.3 Å². The Morgan fingerprint density at radius 3 is 2.44 bits per heavy atom. The number of hydrogen-bond donors (Lipinski definition) is 3. The number of halogens is 4. The van der Waals surface area contributed by atoms with Crippen LogP contribution in [0.4, 0.5) is 16.2 Å². The molecular formula is C58H48Cl4N4O14S. The molecule has 7 heterocycles. The van der Waals surface area contributed by atoms with Gasteiger partial charge in [-0.15, -0.1) is 11.8 Å². The molecule has 81 heavy (non-hydrogen) atoms. The topological polar surface area (TPSA) is 220 Å². The van der Waals surface area contributed by atoms with Crippen molar-refractivity contribution in [1.82, 2.24) is 15.1 Å². The van der Waals surface area contributed by atoms with E-state index >= 15 is 0 Å². The van der Waals surface area contributed by atoms with Gasteiger partial charge in [0.05, 0.1) is 38.7 Å². The number of fused-ring (bicyclic) bond motifs is 9. The van der Waals surface area contributed by atoms with Crippen LogP contribution in [-0.2, 0) is 58.4 Å². The third kappa shape index (κ3) is 9.25. The van der Waals surface area contributed by atoms with Gasteiger partial charge in [-0.2, -0.15) is 0 Å². The zero-order valence-corrected chi connectivity index (χ0v) is 46.8. The van der Waals surface area contributed by atoms with E-state index in [0.29, 0.717) is 52.3 Å². The maximum absolute atomic E-state index is 14.2. The monoisotopic (exact) mass is 1200 g/mol. The Kier molecular flexibility index (Phi) is 14.6. The lowest BCUT2D eigenvalue weighted by atomic mass is 9.76. The van der Waals surface area contributed by atoms with Crippen LogP contribution < -0.4 is 24.4 Å². The van der Waals surface area contributed by atoms with Crippen LogP contribution in [0.5, 0.6) is 23.0 Å². The molecule has 3 N–H and O–H groups in total. The molecule has 3 amide bonds. The third-order valence-corrected chi connectivity index (χ3v) is 18.6. The standard InChI is InChI=1S/C58H48Cl4N4O14S/c1-2-3-4-5-9-30-21-35-40(77-39-22-32(64-19-17-29-8-6-7-10-36(29)64)13-16-34(39)58(35)44-43(56(73)80-58)45(59)47(61)48(62)46(44)60)23-38(30)79-57(74)76-25-28-11-14-33(15-12-28)75-26-31-27-81-54-49(53(70)66(54)50(31)55(71)72)63-52(69)51-37(18-20-67)78-42-24-41(68)65(42)51/h6-8,10-16,18,21-23,42,49,51,54,67H,2-5,9,17,19-20,24-27H2,1H3,(H,63,69)(H,71,72)/b37-18-/t42-,49-,51-,54?,58?/m1/s1. The molecule has 5 aromatic carbocycles. The minimum atomic E-state index is -1.73. The van der Waals surface area contributed by atoms with E-state index in [1.54, 1.807) is 36.4 Å². The summed E-state index contributed by atoms with van der Waals surface area (Å²) in [5, 5.41) is 21.4. The SMILES string of the molecule is CCCCCCc1cc2c(cc1OC(=O)OCc1ccc(OCC3=C(C(=O)O)N4C(=O)[C@@H](NC(=O)[C@H]5/C(=C/CO)O[C@@H]6CC(=O)N65)C4SC3)cc1)Oc1cc(N3CCc4ccccc43)ccc1C21OC(=O)c2c(Cl)c(Cl)c(Cl)c(Cl)c21. The number of nitrogens with zero attached hydrogens (tertiary/aromatic N) is 3. The molecule has 0 aliphatic carbocycles. The van der Waals surface area contributed by atoms with Gasteiger partial charge in [0.25, 0.3) is 11.8 Å². The number of carboxylic acid groups (broad SMARTS) is 1. The van der Waals surface area contributed by atoms with Gasteiger partial charge in [0.2, 0.25) is 5.91 Å². The highest BCUT2D eigenvalue weighted by Gasteiger charge is 2.59. The molecule has 7 aliphatic heterocycles. The summed E-state index contributed by atoms with van der Waals surface area (Å²) in [7, 11) is 0. The second kappa shape index (κ2) is 21.6. The van der Waals surface area contributed by atoms with Crippen molar-refractivity contribution in [2.45, 2.75) is 87.8 Å². The van der Waals surface area contributed by atoms with Crippen LogP contribution in [0.15, 0.2) is 102 Å². The molecule has 18 nitrogen and oxygen atoms in total. The fraction of sp³-hybridized carbons (Fsp3) is 0.310. The summed E-state index contributed by atoms with van der Waals surface area (Å²) in [5.41, 5.74) is 3.57. The van der Waals surface area contributed by atoms with E-state index in [9.17, 15) is 39.0 Å². The van der Waals surface area contributed by atoms with Gasteiger partial charge in [0.1, 0.15) is 59.1 Å². The average molecular weight is 1200 g/mol. The number of para-hydroxylation sites is 1. The van der Waals surface area contributed by atoms with Crippen LogP contribution in [0, 0.1) is 0 Å². The lowest BCUT2D eigenvalue weighted by Crippen LogP contribution is -2.72. The van der Waals surface area contributed by atoms with Crippen molar-refractivity contribution in [3.05, 3.63) is 161 Å². The summed E-state index contributed by atoms with van der Waals surface area (Å²) >= 11 is 28.4. The third-order valence-electron chi connectivity index (χ3n) is 15.4. The minimum Gasteiger partial charge on any atom is -0.489 e. The summed E-state index contributed by atoms with van der Waals surface area (Å²) in [4.78, 5) is 84.2. The number of carbonyl (C=O) groups is 6. The molecule has 7 aliphatic rings. The van der Waals surface area contributed by atoms with Gasteiger partial charge in [-0.1, -0.05) is 103 Å². The number of aliphatic carboxylic acids is 1. The Morgan fingerprint density at radius 2 is 1.68 bits per heavy atom. The molecule has 23 heteroatoms. The number of β-lactam (4-membered cyclic amide) rings is 2. The Bertz CT molecular complexity index is 3600. The van der Waals surface area contributed by atoms with Crippen molar-refractivity contribution in [1.29, 1.82) is 0 Å². The number of ether oxygens (including phenoxy) is 6. The number of carbonyl (C=O) groups excluding carboxylic acids is 5. The van der Waals surface area contributed by atoms with Crippen molar-refractivity contribution >= 4 is 105 Å². The number of unbranched alkanes of at least 4 members (excludes halogenated alkanes) is 3. The van der Waals surface area contributed by atoms with Crippen LogP contribution >= 0.6 is 58.2 Å². The molecule has 1 spiro atoms. The Hall–Kier alpha value is -7.13. The summed E-state index contributed by atoms with van der Waals surface area (Å²) in [6.45, 7) is 2.00. The maximum Gasteiger partial charge on any atom is 0.514 e. The van der Waals surface area contributed by atoms with Crippen molar-refractivity contribution in [3.63, 3.8) is 0 Å². The molecule has 0 saturated carbocycles. The number of carboxylic acids is 1. The number of nitrogens with one attached hydrogen (secondary N) is 1. The fourth-order valence-corrected chi connectivity index (χ4v) is 13.9. The summed E-state index contributed by atoms with van der Waals surface area (Å²) < 4.78 is 36.5. The lowest BCUT2D eigenvalue weighted by molar-refractivity contribution is -0.160. The maximum atomic E-state index is 14.2. The van der Waals surface area contributed by atoms with E-state index in [4.69, 9.17) is 74.8 Å². The number of amides is 3. The van der Waals surface area contributed by atoms with Crippen molar-refractivity contribution in [2.24, 2.45) is 0 Å². The molecule has 0 aromatic heterocycles. The Morgan fingerprint density at radius 1 is 0.901 bits per heavy atom. The molecule has 0 bridgehead atoms. The molecule has 12 rings (SSSR count). The number of aliphatic hydroxyl groups excluding tert-OH is 1. The van der Waals surface area contributed by atoms with Crippen LogP contribution in [0.2, 0.25) is 20.1 Å². The first kappa shape index (κ1) is 54.5. The number of benzene rings is 5. The van der Waals surface area contributed by atoms with Gasteiger partial charge in [-0.25, -0.2) is 14.4 Å². The Labute approximate surface area is 487 Å². The first-order chi connectivity index (χ1) is 39.1. The smallest absolute Gasteiger partial charge is 0.489 e. The first-order valence-corrected chi connectivity index (χ1v) is 28.7. The summed E-state index contributed by atoms with van der Waals surface area (Å²) in [6.07, 6.45) is 4.55. The van der Waals surface area contributed by atoms with Crippen LogP contribution in [-0.4, -0.2) is 105 Å². The van der Waals surface area contributed by atoms with E-state index < -0.39 is 65.8 Å². The second-order valence-electron chi connectivity index (χ2n) is 20.2. The number of aryl methyl sites for hydroxylation is 1. The molecular weight excluding hydrogens is 1150 g/mol. The second-order valence-corrected chi connectivity index (χ2v) is 22.8.